The van der Waals surface area contributed by atoms with Crippen molar-refractivity contribution >= 4 is 5.97 Å². The van der Waals surface area contributed by atoms with Gasteiger partial charge in [0.1, 0.15) is 17.5 Å². The predicted octanol–water partition coefficient (Wildman–Crippen LogP) is -0.0438. The third-order valence-corrected chi connectivity index (χ3v) is 3.08. The molecule has 0 saturated carbocycles. The molecule has 6 nitrogen and oxygen atoms in total. The topological polar surface area (TPSA) is 93.0 Å². The fraction of sp³-hybridized carbons (Fsp3) is 0.417. The van der Waals surface area contributed by atoms with Crippen molar-refractivity contribution in [3.8, 4) is 11.5 Å². The van der Waals surface area contributed by atoms with Crippen LogP contribution in [0.1, 0.15) is 5.56 Å². The van der Waals surface area contributed by atoms with Crippen LogP contribution in [0, 0.1) is 0 Å². The molecule has 0 aromatic heterocycles. The molecule has 1 heterocycles. The van der Waals surface area contributed by atoms with E-state index in [9.17, 15) is 15.0 Å². The first kappa shape index (κ1) is 12.7. The van der Waals surface area contributed by atoms with Crippen LogP contribution >= 0.6 is 0 Å². The molecule has 1 unspecified atom stereocenters. The van der Waals surface area contributed by atoms with Gasteiger partial charge in [-0.25, -0.2) is 0 Å². The maximum Gasteiger partial charge on any atom is 0.322 e. The summed E-state index contributed by atoms with van der Waals surface area (Å²) in [4.78, 5) is 12.9. The second-order valence-electron chi connectivity index (χ2n) is 4.34. The first-order chi connectivity index (χ1) is 8.58. The van der Waals surface area contributed by atoms with Gasteiger partial charge in [-0.2, -0.15) is 0 Å². The Morgan fingerprint density at radius 2 is 2.22 bits per heavy atom. The van der Waals surface area contributed by atoms with Crippen LogP contribution in [-0.2, 0) is 11.3 Å². The number of carboxylic acid groups (broad SMARTS) is 1. The lowest BCUT2D eigenvalue weighted by Gasteiger charge is -2.33. The van der Waals surface area contributed by atoms with Crippen molar-refractivity contribution in [3.05, 3.63) is 23.8 Å². The molecule has 98 valence electrons. The molecule has 2 rings (SSSR count). The van der Waals surface area contributed by atoms with Crippen LogP contribution in [0.2, 0.25) is 0 Å². The van der Waals surface area contributed by atoms with Gasteiger partial charge in [-0.3, -0.25) is 9.69 Å². The molecule has 1 aromatic rings. The summed E-state index contributed by atoms with van der Waals surface area (Å²) in [7, 11) is 0. The average molecular weight is 252 g/mol. The van der Waals surface area contributed by atoms with Crippen LogP contribution in [0.5, 0.6) is 11.5 Å². The minimum absolute atomic E-state index is 0.00801. The number of benzene rings is 1. The lowest BCUT2D eigenvalue weighted by molar-refractivity contribution is -0.144. The Balaban J connectivity index is 2.13. The van der Waals surface area contributed by atoms with Gasteiger partial charge in [0.05, 0.1) is 0 Å². The summed E-state index contributed by atoms with van der Waals surface area (Å²) in [5.74, 6) is -0.899. The van der Waals surface area contributed by atoms with E-state index in [2.05, 4.69) is 5.32 Å². The molecule has 6 heteroatoms. The normalized spacial score (nSPS) is 20.8. The van der Waals surface area contributed by atoms with E-state index in [0.29, 0.717) is 25.2 Å². The molecule has 4 N–H and O–H groups in total. The summed E-state index contributed by atoms with van der Waals surface area (Å²) < 4.78 is 0. The standard InChI is InChI=1S/C12H16N2O4/c15-9-2-1-8(11(16)5-9)7-14-4-3-13-6-10(14)12(17)18/h1-2,5,10,13,15-16H,3-4,6-7H2,(H,17,18). The Labute approximate surface area is 104 Å². The molecule has 1 aliphatic heterocycles. The second kappa shape index (κ2) is 5.24. The van der Waals surface area contributed by atoms with Gasteiger partial charge in [0.25, 0.3) is 0 Å². The second-order valence-corrected chi connectivity index (χ2v) is 4.34. The number of hydrogen-bond acceptors (Lipinski definition) is 5. The Kier molecular flexibility index (Phi) is 3.69. The summed E-state index contributed by atoms with van der Waals surface area (Å²) in [5, 5.41) is 31.0. The average Bonchev–Trinajstić information content (AvgIpc) is 2.33. The third-order valence-electron chi connectivity index (χ3n) is 3.08. The minimum Gasteiger partial charge on any atom is -0.508 e. The molecule has 1 aliphatic rings. The third kappa shape index (κ3) is 2.72. The van der Waals surface area contributed by atoms with Crippen molar-refractivity contribution in [2.24, 2.45) is 0 Å². The number of carbonyl (C=O) groups is 1. The van der Waals surface area contributed by atoms with E-state index >= 15 is 0 Å². The number of rotatable bonds is 3. The van der Waals surface area contributed by atoms with Gasteiger partial charge in [-0.05, 0) is 6.07 Å². The number of carboxylic acids is 1. The van der Waals surface area contributed by atoms with Gasteiger partial charge in [0.2, 0.25) is 0 Å². The van der Waals surface area contributed by atoms with Gasteiger partial charge in [0.15, 0.2) is 0 Å². The van der Waals surface area contributed by atoms with E-state index in [1.54, 1.807) is 11.0 Å². The smallest absolute Gasteiger partial charge is 0.322 e. The number of aromatic hydroxyl groups is 2. The maximum atomic E-state index is 11.1. The van der Waals surface area contributed by atoms with Crippen molar-refractivity contribution in [1.82, 2.24) is 10.2 Å². The van der Waals surface area contributed by atoms with E-state index < -0.39 is 12.0 Å². The highest BCUT2D eigenvalue weighted by atomic mass is 16.4. The van der Waals surface area contributed by atoms with Crippen LogP contribution in [-0.4, -0.2) is 51.9 Å². The highest BCUT2D eigenvalue weighted by Crippen LogP contribution is 2.24. The molecule has 0 radical (unpaired) electrons. The lowest BCUT2D eigenvalue weighted by Crippen LogP contribution is -2.54. The Bertz CT molecular complexity index is 450. The van der Waals surface area contributed by atoms with E-state index in [4.69, 9.17) is 5.11 Å². The summed E-state index contributed by atoms with van der Waals surface area (Å²) in [6.45, 7) is 2.08. The molecular weight excluding hydrogens is 236 g/mol. The van der Waals surface area contributed by atoms with Gasteiger partial charge in [0, 0.05) is 37.8 Å². The summed E-state index contributed by atoms with van der Waals surface area (Å²) in [6, 6.07) is 3.75. The van der Waals surface area contributed by atoms with Crippen molar-refractivity contribution in [1.29, 1.82) is 0 Å². The van der Waals surface area contributed by atoms with E-state index in [0.717, 1.165) is 6.54 Å². The molecule has 1 aromatic carbocycles. The number of hydrogen-bond donors (Lipinski definition) is 4. The van der Waals surface area contributed by atoms with E-state index in [1.807, 2.05) is 0 Å². The molecular formula is C12H16N2O4. The predicted molar refractivity (Wildman–Crippen MR) is 64.5 cm³/mol. The van der Waals surface area contributed by atoms with Crippen LogP contribution in [0.4, 0.5) is 0 Å². The van der Waals surface area contributed by atoms with E-state index in [-0.39, 0.29) is 11.5 Å². The number of piperazine rings is 1. The van der Waals surface area contributed by atoms with Crippen molar-refractivity contribution in [2.45, 2.75) is 12.6 Å². The van der Waals surface area contributed by atoms with Crippen molar-refractivity contribution in [2.75, 3.05) is 19.6 Å². The van der Waals surface area contributed by atoms with Crippen LogP contribution in [0.25, 0.3) is 0 Å². The SMILES string of the molecule is O=C(O)C1CNCCN1Cc1ccc(O)cc1O. The zero-order valence-electron chi connectivity index (χ0n) is 9.83. The Hall–Kier alpha value is -1.79. The van der Waals surface area contributed by atoms with Gasteiger partial charge < -0.3 is 20.6 Å². The van der Waals surface area contributed by atoms with Gasteiger partial charge >= 0.3 is 5.97 Å². The molecule has 0 aliphatic carbocycles. The summed E-state index contributed by atoms with van der Waals surface area (Å²) in [6.07, 6.45) is 0. The zero-order valence-corrected chi connectivity index (χ0v) is 9.83. The highest BCUT2D eigenvalue weighted by molar-refractivity contribution is 5.74. The fourth-order valence-corrected chi connectivity index (χ4v) is 2.08. The maximum absolute atomic E-state index is 11.1. The van der Waals surface area contributed by atoms with Crippen LogP contribution in [0.3, 0.4) is 0 Å². The molecule has 1 fully saturated rings. The molecule has 0 amide bonds. The van der Waals surface area contributed by atoms with Crippen LogP contribution in [0.15, 0.2) is 18.2 Å². The zero-order chi connectivity index (χ0) is 13.1. The molecule has 0 bridgehead atoms. The number of aliphatic carboxylic acids is 1. The largest absolute Gasteiger partial charge is 0.508 e. The monoisotopic (exact) mass is 252 g/mol. The Morgan fingerprint density at radius 1 is 1.44 bits per heavy atom. The molecule has 1 saturated heterocycles. The van der Waals surface area contributed by atoms with Gasteiger partial charge in [-0.1, -0.05) is 6.07 Å². The number of phenols is 2. The summed E-state index contributed by atoms with van der Waals surface area (Å²) in [5.41, 5.74) is 0.612. The molecule has 18 heavy (non-hydrogen) atoms. The Morgan fingerprint density at radius 3 is 2.89 bits per heavy atom. The van der Waals surface area contributed by atoms with Crippen LogP contribution < -0.4 is 5.32 Å². The van der Waals surface area contributed by atoms with Crippen molar-refractivity contribution in [3.63, 3.8) is 0 Å². The highest BCUT2D eigenvalue weighted by Gasteiger charge is 2.28. The lowest BCUT2D eigenvalue weighted by atomic mass is 10.1. The van der Waals surface area contributed by atoms with Crippen molar-refractivity contribution < 1.29 is 20.1 Å². The first-order valence-corrected chi connectivity index (χ1v) is 5.76. The van der Waals surface area contributed by atoms with E-state index in [1.165, 1.54) is 12.1 Å². The minimum atomic E-state index is -0.875. The fourth-order valence-electron chi connectivity index (χ4n) is 2.08. The number of phenolic OH excluding ortho intramolecular Hbond substituents is 2. The summed E-state index contributed by atoms with van der Waals surface area (Å²) >= 11 is 0. The first-order valence-electron chi connectivity index (χ1n) is 5.76. The number of nitrogens with one attached hydrogen (secondary N) is 1. The molecule has 1 atom stereocenters. The number of nitrogens with zero attached hydrogens (tertiary/aromatic N) is 1. The van der Waals surface area contributed by atoms with Gasteiger partial charge in [-0.15, -0.1) is 0 Å². The molecule has 0 spiro atoms. The quantitative estimate of drug-likeness (QED) is 0.603.